The Kier molecular flexibility index (Phi) is 6.42. The van der Waals surface area contributed by atoms with Crippen LogP contribution in [0.4, 0.5) is 0 Å². The summed E-state index contributed by atoms with van der Waals surface area (Å²) in [6, 6.07) is 3.61. The molecule has 1 aromatic carbocycles. The molecule has 0 bridgehead atoms. The second-order valence-electron chi connectivity index (χ2n) is 8.39. The molecule has 4 atom stereocenters. The van der Waals surface area contributed by atoms with Crippen LogP contribution in [0.2, 0.25) is 0 Å². The topological polar surface area (TPSA) is 63.2 Å². The molecule has 1 fully saturated rings. The fourth-order valence-electron chi connectivity index (χ4n) is 4.55. The van der Waals surface area contributed by atoms with E-state index in [1.807, 2.05) is 18.2 Å². The number of hydrogen-bond acceptors (Lipinski definition) is 6. The average molecular weight is 439 g/mol. The van der Waals surface area contributed by atoms with Crippen LogP contribution >= 0.6 is 0 Å². The third-order valence-corrected chi connectivity index (χ3v) is 6.11. The Morgan fingerprint density at radius 2 is 1.97 bits per heavy atom. The van der Waals surface area contributed by atoms with Gasteiger partial charge < -0.3 is 23.7 Å². The molecule has 2 heterocycles. The maximum absolute atomic E-state index is 13.8. The molecule has 2 unspecified atom stereocenters. The van der Waals surface area contributed by atoms with Gasteiger partial charge in [-0.25, -0.2) is 0 Å². The molecule has 1 aromatic rings. The monoisotopic (exact) mass is 438 g/mol. The quantitative estimate of drug-likeness (QED) is 0.584. The molecule has 4 rings (SSSR count). The van der Waals surface area contributed by atoms with E-state index in [2.05, 4.69) is 26.5 Å². The van der Waals surface area contributed by atoms with Gasteiger partial charge in [0.05, 0.1) is 32.2 Å². The molecule has 2 aliphatic heterocycles. The van der Waals surface area contributed by atoms with Crippen LogP contribution in [0.1, 0.15) is 31.7 Å². The van der Waals surface area contributed by atoms with Crippen LogP contribution in [0.15, 0.2) is 59.9 Å². The van der Waals surface area contributed by atoms with Crippen molar-refractivity contribution in [3.8, 4) is 17.2 Å². The Balaban J connectivity index is 1.70. The third kappa shape index (κ3) is 3.95. The van der Waals surface area contributed by atoms with Crippen molar-refractivity contribution < 1.29 is 28.5 Å². The van der Waals surface area contributed by atoms with E-state index in [1.165, 1.54) is 5.57 Å². The molecule has 0 N–H and O–H groups in total. The zero-order valence-corrected chi connectivity index (χ0v) is 19.1. The number of carbonyl (C=O) groups is 1. The van der Waals surface area contributed by atoms with Gasteiger partial charge in [0.1, 0.15) is 30.8 Å². The summed E-state index contributed by atoms with van der Waals surface area (Å²) in [5, 5.41) is 0. The van der Waals surface area contributed by atoms with E-state index in [0.29, 0.717) is 36.9 Å². The van der Waals surface area contributed by atoms with Gasteiger partial charge in [0.2, 0.25) is 0 Å². The number of methoxy groups -OCH3 is 2. The van der Waals surface area contributed by atoms with Crippen molar-refractivity contribution in [1.82, 2.24) is 0 Å². The number of allylic oxidation sites excluding steroid dienone is 3. The number of benzene rings is 1. The molecule has 0 spiro atoms. The van der Waals surface area contributed by atoms with Crippen molar-refractivity contribution in [2.24, 2.45) is 5.92 Å². The Bertz CT molecular complexity index is 998. The molecule has 0 saturated carbocycles. The first-order valence-corrected chi connectivity index (χ1v) is 10.8. The minimum Gasteiger partial charge on any atom is -0.493 e. The van der Waals surface area contributed by atoms with E-state index in [4.69, 9.17) is 23.7 Å². The Morgan fingerprint density at radius 1 is 1.22 bits per heavy atom. The molecule has 32 heavy (non-hydrogen) atoms. The highest BCUT2D eigenvalue weighted by Crippen LogP contribution is 2.48. The number of Topliss-reactive ketones (excluding diaryl/α,β-unsaturated/α-hetero) is 1. The van der Waals surface area contributed by atoms with Gasteiger partial charge in [0, 0.05) is 17.2 Å². The maximum Gasteiger partial charge on any atom is 0.164 e. The predicted molar refractivity (Wildman–Crippen MR) is 121 cm³/mol. The fraction of sp³-hybridized carbons (Fsp3) is 0.423. The number of rotatable bonds is 7. The van der Waals surface area contributed by atoms with Crippen LogP contribution in [0.5, 0.6) is 17.2 Å². The summed E-state index contributed by atoms with van der Waals surface area (Å²) in [6.07, 6.45) is 7.54. The summed E-state index contributed by atoms with van der Waals surface area (Å²) < 4.78 is 29.3. The van der Waals surface area contributed by atoms with Crippen LogP contribution in [0.25, 0.3) is 0 Å². The van der Waals surface area contributed by atoms with Gasteiger partial charge in [-0.3, -0.25) is 4.79 Å². The van der Waals surface area contributed by atoms with E-state index < -0.39 is 5.92 Å². The summed E-state index contributed by atoms with van der Waals surface area (Å²) in [5.74, 6) is 1.83. The third-order valence-electron chi connectivity index (χ3n) is 6.11. The highest BCUT2D eigenvalue weighted by atomic mass is 16.5. The Morgan fingerprint density at radius 3 is 2.66 bits per heavy atom. The minimum atomic E-state index is -0.426. The average Bonchev–Trinajstić information content (AvgIpc) is 2.80. The predicted octanol–water partition coefficient (Wildman–Crippen LogP) is 4.52. The van der Waals surface area contributed by atoms with E-state index in [1.54, 1.807) is 26.4 Å². The van der Waals surface area contributed by atoms with Gasteiger partial charge >= 0.3 is 0 Å². The zero-order valence-electron chi connectivity index (χ0n) is 19.1. The van der Waals surface area contributed by atoms with Gasteiger partial charge in [0.15, 0.2) is 17.3 Å². The van der Waals surface area contributed by atoms with Crippen LogP contribution < -0.4 is 14.2 Å². The summed E-state index contributed by atoms with van der Waals surface area (Å²) in [4.78, 5) is 13.8. The molecule has 1 saturated heterocycles. The standard InChI is InChI=1S/C26H30O6/c1-6-11-30-19-10-9-17-25(27)24-18-12-21(28-4)22(29-5)13-20(18)31-14-23(24)32-26(17)16(19)8-7-15(2)3/h6-7,9-10,12-13,17,23-24,26H,1,8,11,14H2,2-5H3/t17?,23-,24+,26?/m1/s1. The van der Waals surface area contributed by atoms with Crippen molar-refractivity contribution in [3.05, 3.63) is 65.5 Å². The highest BCUT2D eigenvalue weighted by Gasteiger charge is 2.50. The van der Waals surface area contributed by atoms with Gasteiger partial charge in [0.25, 0.3) is 0 Å². The van der Waals surface area contributed by atoms with Crippen molar-refractivity contribution in [2.45, 2.75) is 38.4 Å². The number of ether oxygens (including phenoxy) is 5. The van der Waals surface area contributed by atoms with Gasteiger partial charge in [-0.05, 0) is 32.4 Å². The lowest BCUT2D eigenvalue weighted by atomic mass is 9.73. The summed E-state index contributed by atoms with van der Waals surface area (Å²) in [7, 11) is 3.16. The van der Waals surface area contributed by atoms with E-state index in [-0.39, 0.29) is 23.9 Å². The van der Waals surface area contributed by atoms with E-state index in [0.717, 1.165) is 16.9 Å². The fourth-order valence-corrected chi connectivity index (χ4v) is 4.55. The summed E-state index contributed by atoms with van der Waals surface area (Å²) in [5.41, 5.74) is 2.95. The molecular weight excluding hydrogens is 408 g/mol. The van der Waals surface area contributed by atoms with Crippen molar-refractivity contribution in [2.75, 3.05) is 27.4 Å². The Labute approximate surface area is 189 Å². The molecule has 0 radical (unpaired) electrons. The van der Waals surface area contributed by atoms with E-state index >= 15 is 0 Å². The second-order valence-corrected chi connectivity index (χ2v) is 8.39. The van der Waals surface area contributed by atoms with Crippen molar-refractivity contribution in [1.29, 1.82) is 0 Å². The second kappa shape index (κ2) is 9.25. The first kappa shape index (κ1) is 22.2. The molecule has 6 heteroatoms. The summed E-state index contributed by atoms with van der Waals surface area (Å²) >= 11 is 0. The highest BCUT2D eigenvalue weighted by molar-refractivity contribution is 5.93. The van der Waals surface area contributed by atoms with Crippen LogP contribution in [0.3, 0.4) is 0 Å². The van der Waals surface area contributed by atoms with Crippen LogP contribution in [-0.2, 0) is 14.3 Å². The zero-order chi connectivity index (χ0) is 22.8. The number of hydrogen-bond donors (Lipinski definition) is 0. The maximum atomic E-state index is 13.8. The molecule has 3 aliphatic rings. The smallest absolute Gasteiger partial charge is 0.164 e. The van der Waals surface area contributed by atoms with Crippen molar-refractivity contribution >= 4 is 5.78 Å². The van der Waals surface area contributed by atoms with Crippen LogP contribution in [-0.4, -0.2) is 45.4 Å². The van der Waals surface area contributed by atoms with Gasteiger partial charge in [-0.1, -0.05) is 30.4 Å². The minimum absolute atomic E-state index is 0.122. The molecule has 1 aliphatic carbocycles. The number of fused-ring (bicyclic) bond motifs is 4. The van der Waals surface area contributed by atoms with Crippen molar-refractivity contribution in [3.63, 3.8) is 0 Å². The lowest BCUT2D eigenvalue weighted by Gasteiger charge is -2.44. The normalized spacial score (nSPS) is 25.7. The lowest BCUT2D eigenvalue weighted by Crippen LogP contribution is -2.51. The number of ketones is 1. The largest absolute Gasteiger partial charge is 0.493 e. The molecule has 6 nitrogen and oxygen atoms in total. The first-order chi connectivity index (χ1) is 15.5. The van der Waals surface area contributed by atoms with Gasteiger partial charge in [-0.2, -0.15) is 0 Å². The number of carbonyl (C=O) groups excluding carboxylic acids is 1. The SMILES string of the molecule is C=CCOC1=C(CC=C(C)C)C2O[C@@H]3COc4cc(OC)c(OC)cc4[C@@H]3C(=O)C2C=C1. The lowest BCUT2D eigenvalue weighted by molar-refractivity contribution is -0.148. The summed E-state index contributed by atoms with van der Waals surface area (Å²) in [6.45, 7) is 8.53. The first-order valence-electron chi connectivity index (χ1n) is 10.8. The van der Waals surface area contributed by atoms with Gasteiger partial charge in [-0.15, -0.1) is 0 Å². The molecule has 0 amide bonds. The Hall–Kier alpha value is -2.99. The molecular formula is C26H30O6. The molecule has 170 valence electrons. The van der Waals surface area contributed by atoms with Crippen LogP contribution in [0, 0.1) is 5.92 Å². The molecule has 0 aromatic heterocycles. The van der Waals surface area contributed by atoms with E-state index in [9.17, 15) is 4.79 Å².